The summed E-state index contributed by atoms with van der Waals surface area (Å²) in [6.45, 7) is 0. The predicted octanol–water partition coefficient (Wildman–Crippen LogP) is 2.26. The van der Waals surface area contributed by atoms with Gasteiger partial charge in [0.2, 0.25) is 5.28 Å². The lowest BCUT2D eigenvalue weighted by Crippen LogP contribution is -1.91. The molecule has 0 aliphatic heterocycles. The lowest BCUT2D eigenvalue weighted by atomic mass is 10.1. The average molecular weight is 246 g/mol. The van der Waals surface area contributed by atoms with Gasteiger partial charge in [-0.2, -0.15) is 4.98 Å². The number of nitrogen functional groups attached to an aromatic ring is 1. The fourth-order valence-electron chi connectivity index (χ4n) is 1.66. The molecule has 0 saturated heterocycles. The van der Waals surface area contributed by atoms with Gasteiger partial charge in [-0.25, -0.2) is 9.97 Å². The van der Waals surface area contributed by atoms with Crippen molar-refractivity contribution in [1.29, 1.82) is 0 Å². The highest BCUT2D eigenvalue weighted by Gasteiger charge is 2.10. The minimum atomic E-state index is 0.177. The van der Waals surface area contributed by atoms with E-state index in [0.29, 0.717) is 11.3 Å². The third-order valence-electron chi connectivity index (χ3n) is 2.44. The number of hydrogen-bond donors (Lipinski definition) is 2. The average Bonchev–Trinajstić information content (AvgIpc) is 2.77. The van der Waals surface area contributed by atoms with Gasteiger partial charge in [0.25, 0.3) is 0 Å². The van der Waals surface area contributed by atoms with Crippen LogP contribution >= 0.6 is 11.6 Å². The minimum absolute atomic E-state index is 0.177. The van der Waals surface area contributed by atoms with Crippen LogP contribution in [0.4, 0.5) is 5.69 Å². The zero-order valence-corrected chi connectivity index (χ0v) is 9.44. The van der Waals surface area contributed by atoms with Gasteiger partial charge in [-0.1, -0.05) is 12.1 Å². The van der Waals surface area contributed by atoms with Crippen LogP contribution in [0.25, 0.3) is 22.4 Å². The molecular formula is C11H8ClN5. The second-order valence-corrected chi connectivity index (χ2v) is 3.90. The number of H-pyrrole nitrogens is 1. The number of fused-ring (bicyclic) bond motifs is 1. The van der Waals surface area contributed by atoms with E-state index in [4.69, 9.17) is 17.3 Å². The number of anilines is 1. The van der Waals surface area contributed by atoms with E-state index in [-0.39, 0.29) is 5.28 Å². The molecule has 0 unspecified atom stereocenters. The standard InChI is InChI=1S/C11H8ClN5/c12-11-16-8(6-1-3-7(13)4-2-6)9-10(17-11)15-5-14-9/h1-5H,13H2,(H,14,15,16,17). The molecule has 2 heterocycles. The van der Waals surface area contributed by atoms with Crippen molar-refractivity contribution in [3.8, 4) is 11.3 Å². The van der Waals surface area contributed by atoms with Gasteiger partial charge >= 0.3 is 0 Å². The summed E-state index contributed by atoms with van der Waals surface area (Å²) in [5, 5.41) is 0.177. The van der Waals surface area contributed by atoms with Crippen molar-refractivity contribution in [2.75, 3.05) is 5.73 Å². The molecule has 1 aromatic carbocycles. The first kappa shape index (κ1) is 10.0. The first-order valence-corrected chi connectivity index (χ1v) is 5.34. The second kappa shape index (κ2) is 3.71. The summed E-state index contributed by atoms with van der Waals surface area (Å²) in [7, 11) is 0. The Labute approximate surface area is 102 Å². The number of hydrogen-bond acceptors (Lipinski definition) is 4. The Hall–Kier alpha value is -2.14. The molecule has 0 amide bonds. The van der Waals surface area contributed by atoms with Gasteiger partial charge in [0.1, 0.15) is 11.2 Å². The van der Waals surface area contributed by atoms with E-state index in [1.807, 2.05) is 24.3 Å². The third kappa shape index (κ3) is 1.70. The van der Waals surface area contributed by atoms with E-state index in [0.717, 1.165) is 16.8 Å². The van der Waals surface area contributed by atoms with E-state index < -0.39 is 0 Å². The van der Waals surface area contributed by atoms with Crippen molar-refractivity contribution in [3.05, 3.63) is 35.9 Å². The number of benzene rings is 1. The molecule has 3 aromatic rings. The lowest BCUT2D eigenvalue weighted by Gasteiger charge is -2.02. The van der Waals surface area contributed by atoms with E-state index in [9.17, 15) is 0 Å². The molecule has 3 rings (SSSR count). The molecule has 84 valence electrons. The summed E-state index contributed by atoms with van der Waals surface area (Å²) in [6.07, 6.45) is 1.57. The topological polar surface area (TPSA) is 80.5 Å². The van der Waals surface area contributed by atoms with Gasteiger partial charge in [0.05, 0.1) is 6.33 Å². The Morgan fingerprint density at radius 1 is 1.12 bits per heavy atom. The van der Waals surface area contributed by atoms with Crippen molar-refractivity contribution >= 4 is 28.5 Å². The molecule has 0 aliphatic rings. The smallest absolute Gasteiger partial charge is 0.225 e. The third-order valence-corrected chi connectivity index (χ3v) is 2.61. The maximum Gasteiger partial charge on any atom is 0.225 e. The second-order valence-electron chi connectivity index (χ2n) is 3.56. The fraction of sp³-hybridized carbons (Fsp3) is 0. The van der Waals surface area contributed by atoms with Crippen molar-refractivity contribution in [1.82, 2.24) is 19.9 Å². The molecule has 0 radical (unpaired) electrons. The van der Waals surface area contributed by atoms with E-state index in [1.54, 1.807) is 6.33 Å². The largest absolute Gasteiger partial charge is 0.399 e. The Morgan fingerprint density at radius 2 is 1.88 bits per heavy atom. The summed E-state index contributed by atoms with van der Waals surface area (Å²) >= 11 is 5.86. The number of halogens is 1. The Balaban J connectivity index is 2.28. The Morgan fingerprint density at radius 3 is 2.65 bits per heavy atom. The van der Waals surface area contributed by atoms with Crippen molar-refractivity contribution in [2.45, 2.75) is 0 Å². The van der Waals surface area contributed by atoms with Crippen LogP contribution in [-0.4, -0.2) is 19.9 Å². The minimum Gasteiger partial charge on any atom is -0.399 e. The molecule has 2 aromatic heterocycles. The molecule has 17 heavy (non-hydrogen) atoms. The highest BCUT2D eigenvalue weighted by Crippen LogP contribution is 2.25. The summed E-state index contributed by atoms with van der Waals surface area (Å²) < 4.78 is 0. The van der Waals surface area contributed by atoms with Gasteiger partial charge in [0, 0.05) is 11.3 Å². The number of aromatic amines is 1. The molecule has 3 N–H and O–H groups in total. The van der Waals surface area contributed by atoms with E-state index >= 15 is 0 Å². The van der Waals surface area contributed by atoms with E-state index in [1.165, 1.54) is 0 Å². The van der Waals surface area contributed by atoms with Crippen LogP contribution in [0, 0.1) is 0 Å². The molecule has 0 atom stereocenters. The monoisotopic (exact) mass is 245 g/mol. The van der Waals surface area contributed by atoms with E-state index in [2.05, 4.69) is 19.9 Å². The van der Waals surface area contributed by atoms with Crippen LogP contribution in [-0.2, 0) is 0 Å². The molecule has 0 fully saturated rings. The van der Waals surface area contributed by atoms with Crippen LogP contribution < -0.4 is 5.73 Å². The Bertz CT molecular complexity index is 674. The van der Waals surface area contributed by atoms with Gasteiger partial charge in [-0.05, 0) is 23.7 Å². The fourth-order valence-corrected chi connectivity index (χ4v) is 1.82. The maximum absolute atomic E-state index is 5.86. The predicted molar refractivity (Wildman–Crippen MR) is 66.5 cm³/mol. The molecule has 0 saturated carbocycles. The van der Waals surface area contributed by atoms with Crippen LogP contribution in [0.2, 0.25) is 5.28 Å². The number of aromatic nitrogens is 4. The van der Waals surface area contributed by atoms with Gasteiger partial charge < -0.3 is 10.7 Å². The van der Waals surface area contributed by atoms with Crippen molar-refractivity contribution < 1.29 is 0 Å². The maximum atomic E-state index is 5.86. The first-order valence-electron chi connectivity index (χ1n) is 4.96. The molecule has 0 bridgehead atoms. The molecular weight excluding hydrogens is 238 g/mol. The number of rotatable bonds is 1. The van der Waals surface area contributed by atoms with Crippen molar-refractivity contribution in [2.24, 2.45) is 0 Å². The highest BCUT2D eigenvalue weighted by atomic mass is 35.5. The zero-order chi connectivity index (χ0) is 11.8. The normalized spacial score (nSPS) is 10.9. The quantitative estimate of drug-likeness (QED) is 0.509. The van der Waals surface area contributed by atoms with Crippen LogP contribution in [0.5, 0.6) is 0 Å². The molecule has 0 spiro atoms. The number of nitrogens with one attached hydrogen (secondary N) is 1. The van der Waals surface area contributed by atoms with Gasteiger partial charge in [0.15, 0.2) is 5.65 Å². The number of nitrogens with two attached hydrogens (primary N) is 1. The van der Waals surface area contributed by atoms with Gasteiger partial charge in [-0.15, -0.1) is 0 Å². The summed E-state index contributed by atoms with van der Waals surface area (Å²) in [5.41, 5.74) is 9.30. The summed E-state index contributed by atoms with van der Waals surface area (Å²) in [4.78, 5) is 15.3. The SMILES string of the molecule is Nc1ccc(-c2nc(Cl)nc3nc[nH]c23)cc1. The molecule has 6 heteroatoms. The van der Waals surface area contributed by atoms with Gasteiger partial charge in [-0.3, -0.25) is 0 Å². The Kier molecular flexibility index (Phi) is 2.19. The summed E-state index contributed by atoms with van der Waals surface area (Å²) in [5.74, 6) is 0. The van der Waals surface area contributed by atoms with Crippen molar-refractivity contribution in [3.63, 3.8) is 0 Å². The van der Waals surface area contributed by atoms with Crippen LogP contribution in [0.3, 0.4) is 0 Å². The molecule has 5 nitrogen and oxygen atoms in total. The zero-order valence-electron chi connectivity index (χ0n) is 8.68. The van der Waals surface area contributed by atoms with Crippen LogP contribution in [0.1, 0.15) is 0 Å². The van der Waals surface area contributed by atoms with Crippen LogP contribution in [0.15, 0.2) is 30.6 Å². The number of imidazole rings is 1. The summed E-state index contributed by atoms with van der Waals surface area (Å²) in [6, 6.07) is 7.39. The highest BCUT2D eigenvalue weighted by molar-refractivity contribution is 6.28. The molecule has 0 aliphatic carbocycles. The lowest BCUT2D eigenvalue weighted by molar-refractivity contribution is 1.20. The first-order chi connectivity index (χ1) is 8.24. The number of nitrogens with zero attached hydrogens (tertiary/aromatic N) is 3.